The normalized spacial score (nSPS) is 14.8. The summed E-state index contributed by atoms with van der Waals surface area (Å²) in [6.45, 7) is 0. The van der Waals surface area contributed by atoms with Gasteiger partial charge in [0.1, 0.15) is 6.17 Å². The molecule has 1 heterocycles. The smallest absolute Gasteiger partial charge is 0.145 e. The Labute approximate surface area is 392 Å². The van der Waals surface area contributed by atoms with Crippen LogP contribution in [0.3, 0.4) is 0 Å². The number of rotatable bonds is 7. The molecule has 1 aliphatic heterocycles. The van der Waals surface area contributed by atoms with Gasteiger partial charge in [0.2, 0.25) is 0 Å². The Kier molecular flexibility index (Phi) is 9.18. The third kappa shape index (κ3) is 6.44. The molecular weight excluding hydrogens is 809 g/mol. The number of fused-ring (bicyclic) bond motifs is 10. The van der Waals surface area contributed by atoms with Gasteiger partial charge in [0.25, 0.3) is 0 Å². The standard InChI is InChI=1S/C65H44N2/c1-5-19-43(20-6-1)48-35-49(44-21-7-2-8-22-44)38-52(37-48)62-42-63(67-64(66-62)46-25-11-4-12-26-46)53-39-50(45-23-9-3-10-24-45)36-51(40-53)47-33-34-57-56-29-15-18-32-60(56)65(61(57)41-47)58-30-16-13-27-54(58)55-28-14-17-31-59(55)65/h1-42,64,67H. The van der Waals surface area contributed by atoms with Crippen LogP contribution in [0.4, 0.5) is 0 Å². The molecule has 2 heteroatoms. The highest BCUT2D eigenvalue weighted by atomic mass is 15.1. The molecule has 67 heavy (non-hydrogen) atoms. The first-order chi connectivity index (χ1) is 33.2. The van der Waals surface area contributed by atoms with Crippen molar-refractivity contribution >= 4 is 11.4 Å². The summed E-state index contributed by atoms with van der Waals surface area (Å²) in [6.07, 6.45) is 1.95. The van der Waals surface area contributed by atoms with Crippen LogP contribution in [-0.4, -0.2) is 5.71 Å². The minimum atomic E-state index is -0.427. The highest BCUT2D eigenvalue weighted by Crippen LogP contribution is 2.63. The van der Waals surface area contributed by atoms with Crippen molar-refractivity contribution in [1.29, 1.82) is 0 Å². The van der Waals surface area contributed by atoms with E-state index in [1.807, 2.05) is 0 Å². The lowest BCUT2D eigenvalue weighted by atomic mass is 9.70. The number of hydrogen-bond acceptors (Lipinski definition) is 2. The second-order valence-electron chi connectivity index (χ2n) is 17.9. The molecule has 0 aromatic heterocycles. The molecule has 2 aliphatic carbocycles. The minimum Gasteiger partial charge on any atom is -0.360 e. The van der Waals surface area contributed by atoms with Crippen LogP contribution in [0.1, 0.15) is 45.1 Å². The second-order valence-corrected chi connectivity index (χ2v) is 17.9. The van der Waals surface area contributed by atoms with E-state index < -0.39 is 5.41 Å². The van der Waals surface area contributed by atoms with Gasteiger partial charge in [-0.25, -0.2) is 0 Å². The van der Waals surface area contributed by atoms with E-state index in [4.69, 9.17) is 4.99 Å². The van der Waals surface area contributed by atoms with E-state index in [9.17, 15) is 0 Å². The maximum atomic E-state index is 5.49. The summed E-state index contributed by atoms with van der Waals surface area (Å²) in [5.41, 5.74) is 24.7. The van der Waals surface area contributed by atoms with Gasteiger partial charge >= 0.3 is 0 Å². The van der Waals surface area contributed by atoms with Gasteiger partial charge in [-0.15, -0.1) is 0 Å². The molecule has 10 aromatic carbocycles. The number of aliphatic imine (C=N–C) groups is 1. The third-order valence-corrected chi connectivity index (χ3v) is 14.1. The van der Waals surface area contributed by atoms with Crippen LogP contribution < -0.4 is 5.32 Å². The molecule has 13 rings (SSSR count). The maximum Gasteiger partial charge on any atom is 0.145 e. The topological polar surface area (TPSA) is 24.4 Å². The molecule has 0 amide bonds. The number of nitrogens with one attached hydrogen (secondary N) is 1. The van der Waals surface area contributed by atoms with Crippen LogP contribution in [0.5, 0.6) is 0 Å². The second kappa shape index (κ2) is 15.8. The van der Waals surface area contributed by atoms with Crippen molar-refractivity contribution in [3.8, 4) is 66.8 Å². The summed E-state index contributed by atoms with van der Waals surface area (Å²) in [7, 11) is 0. The van der Waals surface area contributed by atoms with E-state index in [-0.39, 0.29) is 6.17 Å². The third-order valence-electron chi connectivity index (χ3n) is 14.1. The molecule has 3 aliphatic rings. The number of hydrogen-bond donors (Lipinski definition) is 1. The number of allylic oxidation sites excluding steroid dienone is 1. The zero-order valence-electron chi connectivity index (χ0n) is 36.8. The average Bonchev–Trinajstić information content (AvgIpc) is 3.88. The Morgan fingerprint density at radius 1 is 0.299 bits per heavy atom. The van der Waals surface area contributed by atoms with Crippen LogP contribution in [0.2, 0.25) is 0 Å². The maximum absolute atomic E-state index is 5.49. The van der Waals surface area contributed by atoms with Crippen molar-refractivity contribution in [3.05, 3.63) is 294 Å². The van der Waals surface area contributed by atoms with E-state index in [1.54, 1.807) is 0 Å². The van der Waals surface area contributed by atoms with Gasteiger partial charge in [-0.05, 0) is 149 Å². The van der Waals surface area contributed by atoms with E-state index in [1.165, 1.54) is 66.8 Å². The SMILES string of the molecule is C1=C(c2cc(-c3ccccc3)cc(-c3ccc4c(c3)C3(c5ccccc5-c5ccccc53)c3ccccc3-4)c2)NC(c2ccccc2)N=C1c1cc(-c2ccccc2)cc(-c2ccccc2)c1. The van der Waals surface area contributed by atoms with Crippen molar-refractivity contribution in [2.75, 3.05) is 0 Å². The molecule has 0 radical (unpaired) electrons. The largest absolute Gasteiger partial charge is 0.360 e. The van der Waals surface area contributed by atoms with E-state index in [0.717, 1.165) is 50.4 Å². The van der Waals surface area contributed by atoms with Gasteiger partial charge in [-0.1, -0.05) is 206 Å². The van der Waals surface area contributed by atoms with Gasteiger partial charge < -0.3 is 5.32 Å². The van der Waals surface area contributed by atoms with Crippen molar-refractivity contribution < 1.29 is 0 Å². The molecule has 2 nitrogen and oxygen atoms in total. The number of benzene rings is 10. The number of nitrogens with zero attached hydrogens (tertiary/aromatic N) is 1. The van der Waals surface area contributed by atoms with Gasteiger partial charge in [0, 0.05) is 11.3 Å². The molecule has 1 N–H and O–H groups in total. The van der Waals surface area contributed by atoms with Crippen LogP contribution in [-0.2, 0) is 5.41 Å². The van der Waals surface area contributed by atoms with Crippen molar-refractivity contribution in [1.82, 2.24) is 5.32 Å². The quantitative estimate of drug-likeness (QED) is 0.170. The summed E-state index contributed by atoms with van der Waals surface area (Å²) >= 11 is 0. The first kappa shape index (κ1) is 38.8. The Balaban J connectivity index is 1.01. The fourth-order valence-corrected chi connectivity index (χ4v) is 11.0. The van der Waals surface area contributed by atoms with Crippen LogP contribution >= 0.6 is 0 Å². The molecular formula is C65H44N2. The van der Waals surface area contributed by atoms with Crippen LogP contribution in [0, 0.1) is 0 Å². The van der Waals surface area contributed by atoms with E-state index in [0.29, 0.717) is 0 Å². The fourth-order valence-electron chi connectivity index (χ4n) is 11.0. The van der Waals surface area contributed by atoms with Crippen LogP contribution in [0.15, 0.2) is 260 Å². The van der Waals surface area contributed by atoms with Gasteiger partial charge in [0.15, 0.2) is 0 Å². The van der Waals surface area contributed by atoms with Gasteiger partial charge in [-0.3, -0.25) is 4.99 Å². The lowest BCUT2D eigenvalue weighted by Gasteiger charge is -2.30. The zero-order valence-corrected chi connectivity index (χ0v) is 36.8. The molecule has 0 fully saturated rings. The first-order valence-corrected chi connectivity index (χ1v) is 23.2. The lowest BCUT2D eigenvalue weighted by molar-refractivity contribution is 0.664. The molecule has 314 valence electrons. The summed E-state index contributed by atoms with van der Waals surface area (Å²) in [5, 5.41) is 3.92. The summed E-state index contributed by atoms with van der Waals surface area (Å²) in [5.74, 6) is 0. The van der Waals surface area contributed by atoms with Gasteiger partial charge in [-0.2, -0.15) is 0 Å². The first-order valence-electron chi connectivity index (χ1n) is 23.2. The predicted octanol–water partition coefficient (Wildman–Crippen LogP) is 15.8. The van der Waals surface area contributed by atoms with Crippen LogP contribution in [0.25, 0.3) is 72.5 Å². The molecule has 1 unspecified atom stereocenters. The molecule has 0 saturated heterocycles. The molecule has 1 spiro atoms. The summed E-state index contributed by atoms with van der Waals surface area (Å²) in [6, 6.07) is 91.0. The minimum absolute atomic E-state index is 0.304. The zero-order chi connectivity index (χ0) is 44.3. The monoisotopic (exact) mass is 852 g/mol. The fraction of sp³-hybridized carbons (Fsp3) is 0.0308. The highest BCUT2D eigenvalue weighted by molar-refractivity contribution is 6.14. The Hall–Kier alpha value is -8.59. The Bertz CT molecular complexity index is 3470. The van der Waals surface area contributed by atoms with E-state index in [2.05, 4.69) is 260 Å². The summed E-state index contributed by atoms with van der Waals surface area (Å²) < 4.78 is 0. The highest BCUT2D eigenvalue weighted by Gasteiger charge is 2.51. The average molecular weight is 853 g/mol. The predicted molar refractivity (Wildman–Crippen MR) is 278 cm³/mol. The van der Waals surface area contributed by atoms with Gasteiger partial charge in [0.05, 0.1) is 11.1 Å². The molecule has 0 saturated carbocycles. The lowest BCUT2D eigenvalue weighted by Crippen LogP contribution is -2.25. The Morgan fingerprint density at radius 3 is 1.18 bits per heavy atom. The van der Waals surface area contributed by atoms with Crippen molar-refractivity contribution in [2.45, 2.75) is 11.6 Å². The van der Waals surface area contributed by atoms with Crippen molar-refractivity contribution in [3.63, 3.8) is 0 Å². The Morgan fingerprint density at radius 2 is 0.687 bits per heavy atom. The molecule has 0 bridgehead atoms. The molecule has 1 atom stereocenters. The molecule has 10 aromatic rings. The summed E-state index contributed by atoms with van der Waals surface area (Å²) in [4.78, 5) is 5.49. The van der Waals surface area contributed by atoms with E-state index >= 15 is 0 Å². The van der Waals surface area contributed by atoms with Crippen molar-refractivity contribution in [2.24, 2.45) is 4.99 Å².